The molecule has 13 heavy (non-hydrogen) atoms. The van der Waals surface area contributed by atoms with Gasteiger partial charge < -0.3 is 10.3 Å². The molecule has 0 bridgehead atoms. The van der Waals surface area contributed by atoms with E-state index in [1.165, 1.54) is 11.5 Å². The van der Waals surface area contributed by atoms with Crippen molar-refractivity contribution in [2.24, 2.45) is 5.73 Å². The minimum absolute atomic E-state index is 0.232. The molecule has 2 rings (SSSR count). The molecule has 6 nitrogen and oxygen atoms in total. The summed E-state index contributed by atoms with van der Waals surface area (Å²) in [6.07, 6.45) is 0. The lowest BCUT2D eigenvalue weighted by Crippen LogP contribution is -2.06. The van der Waals surface area contributed by atoms with Crippen LogP contribution in [0.2, 0.25) is 0 Å². The second-order valence-corrected chi connectivity index (χ2v) is 3.15. The van der Waals surface area contributed by atoms with Crippen LogP contribution in [0.25, 0.3) is 11.6 Å². The van der Waals surface area contributed by atoms with Gasteiger partial charge in [-0.25, -0.2) is 0 Å². The van der Waals surface area contributed by atoms with Crippen LogP contribution in [0, 0.1) is 0 Å². The highest BCUT2D eigenvalue weighted by Crippen LogP contribution is 2.16. The molecule has 1 atom stereocenters. The monoisotopic (exact) mass is 197 g/mol. The van der Waals surface area contributed by atoms with Gasteiger partial charge in [-0.1, -0.05) is 9.64 Å². The van der Waals surface area contributed by atoms with E-state index in [1.807, 2.05) is 0 Å². The second-order valence-electron chi connectivity index (χ2n) is 2.54. The molecule has 0 aliphatic rings. The highest BCUT2D eigenvalue weighted by atomic mass is 32.1. The maximum Gasteiger partial charge on any atom is 0.279 e. The molecule has 0 aliphatic carbocycles. The van der Waals surface area contributed by atoms with Gasteiger partial charge in [-0.3, -0.25) is 0 Å². The van der Waals surface area contributed by atoms with Gasteiger partial charge in [0.15, 0.2) is 11.5 Å². The summed E-state index contributed by atoms with van der Waals surface area (Å²) in [6, 6.07) is -0.232. The molecule has 0 radical (unpaired) electrons. The van der Waals surface area contributed by atoms with Crippen molar-refractivity contribution in [3.8, 4) is 11.6 Å². The van der Waals surface area contributed by atoms with E-state index in [2.05, 4.69) is 19.7 Å². The van der Waals surface area contributed by atoms with E-state index in [0.717, 1.165) is 0 Å². The van der Waals surface area contributed by atoms with Gasteiger partial charge >= 0.3 is 0 Å². The zero-order valence-corrected chi connectivity index (χ0v) is 7.65. The molecule has 68 valence electrons. The van der Waals surface area contributed by atoms with E-state index in [0.29, 0.717) is 17.4 Å². The molecule has 2 aromatic rings. The average molecular weight is 197 g/mol. The van der Waals surface area contributed by atoms with E-state index in [9.17, 15) is 0 Å². The largest absolute Gasteiger partial charge is 0.332 e. The maximum absolute atomic E-state index is 5.56. The molecular formula is C6H7N5OS. The second kappa shape index (κ2) is 3.19. The lowest BCUT2D eigenvalue weighted by molar-refractivity contribution is 0.417. The number of hydrogen-bond acceptors (Lipinski definition) is 7. The zero-order chi connectivity index (χ0) is 9.26. The van der Waals surface area contributed by atoms with Gasteiger partial charge in [-0.15, -0.1) is 5.10 Å². The minimum Gasteiger partial charge on any atom is -0.332 e. The predicted molar refractivity (Wildman–Crippen MR) is 45.8 cm³/mol. The fraction of sp³-hybridized carbons (Fsp3) is 0.333. The van der Waals surface area contributed by atoms with Crippen LogP contribution in [0.3, 0.4) is 0 Å². The molecule has 0 spiro atoms. The molecule has 2 aromatic heterocycles. The highest BCUT2D eigenvalue weighted by Gasteiger charge is 2.13. The Morgan fingerprint density at radius 2 is 2.46 bits per heavy atom. The Labute approximate surface area is 77.9 Å². The Kier molecular flexibility index (Phi) is 2.03. The third-order valence-corrected chi connectivity index (χ3v) is 1.93. The SMILES string of the molecule is CC(N)c1noc(-c2csnn2)n1. The van der Waals surface area contributed by atoms with E-state index < -0.39 is 0 Å². The molecule has 0 fully saturated rings. The third-order valence-electron chi connectivity index (χ3n) is 1.43. The van der Waals surface area contributed by atoms with Crippen LogP contribution in [0.5, 0.6) is 0 Å². The van der Waals surface area contributed by atoms with Crippen molar-refractivity contribution < 1.29 is 4.52 Å². The summed E-state index contributed by atoms with van der Waals surface area (Å²) in [5.41, 5.74) is 6.15. The molecule has 1 unspecified atom stereocenters. The summed E-state index contributed by atoms with van der Waals surface area (Å²) in [7, 11) is 0. The Morgan fingerprint density at radius 3 is 3.00 bits per heavy atom. The first kappa shape index (κ1) is 8.27. The molecular weight excluding hydrogens is 190 g/mol. The number of nitrogens with zero attached hydrogens (tertiary/aromatic N) is 4. The number of aromatic nitrogens is 4. The van der Waals surface area contributed by atoms with Crippen LogP contribution in [-0.2, 0) is 0 Å². The zero-order valence-electron chi connectivity index (χ0n) is 6.84. The van der Waals surface area contributed by atoms with Crippen molar-refractivity contribution in [2.75, 3.05) is 0 Å². The van der Waals surface area contributed by atoms with Crippen LogP contribution in [0.15, 0.2) is 9.90 Å². The Bertz CT molecular complexity index is 381. The van der Waals surface area contributed by atoms with Gasteiger partial charge in [0.2, 0.25) is 0 Å². The quantitative estimate of drug-likeness (QED) is 0.758. The van der Waals surface area contributed by atoms with Crippen LogP contribution in [0.4, 0.5) is 0 Å². The van der Waals surface area contributed by atoms with Crippen LogP contribution >= 0.6 is 11.5 Å². The normalized spacial score (nSPS) is 13.1. The van der Waals surface area contributed by atoms with Gasteiger partial charge in [0.05, 0.1) is 6.04 Å². The molecule has 0 saturated heterocycles. The fourth-order valence-electron chi connectivity index (χ4n) is 0.782. The summed E-state index contributed by atoms with van der Waals surface area (Å²) in [6.45, 7) is 1.79. The van der Waals surface area contributed by atoms with Crippen molar-refractivity contribution in [1.29, 1.82) is 0 Å². The molecule has 0 saturated carbocycles. The number of nitrogens with two attached hydrogens (primary N) is 1. The molecule has 2 N–H and O–H groups in total. The standard InChI is InChI=1S/C6H7N5OS/c1-3(7)5-8-6(12-10-5)4-2-13-11-9-4/h2-3H,7H2,1H3. The van der Waals surface area contributed by atoms with Crippen molar-refractivity contribution in [3.63, 3.8) is 0 Å². The summed E-state index contributed by atoms with van der Waals surface area (Å²) >= 11 is 1.23. The van der Waals surface area contributed by atoms with E-state index in [-0.39, 0.29) is 6.04 Å². The first-order valence-corrected chi connectivity index (χ1v) is 4.47. The minimum atomic E-state index is -0.232. The van der Waals surface area contributed by atoms with Crippen LogP contribution < -0.4 is 5.73 Å². The summed E-state index contributed by atoms with van der Waals surface area (Å²) < 4.78 is 8.62. The van der Waals surface area contributed by atoms with Crippen molar-refractivity contribution in [2.45, 2.75) is 13.0 Å². The first-order valence-electron chi connectivity index (χ1n) is 3.64. The third kappa shape index (κ3) is 1.56. The predicted octanol–water partition coefficient (Wildman–Crippen LogP) is 0.608. The van der Waals surface area contributed by atoms with Crippen molar-refractivity contribution >= 4 is 11.5 Å². The summed E-state index contributed by atoms with van der Waals surface area (Å²) in [4.78, 5) is 4.05. The van der Waals surface area contributed by atoms with Gasteiger partial charge in [0.1, 0.15) is 0 Å². The maximum atomic E-state index is 5.56. The summed E-state index contributed by atoms with van der Waals surface area (Å²) in [5, 5.41) is 9.22. The van der Waals surface area contributed by atoms with Crippen molar-refractivity contribution in [1.82, 2.24) is 19.7 Å². The van der Waals surface area contributed by atoms with Gasteiger partial charge in [-0.2, -0.15) is 4.98 Å². The van der Waals surface area contributed by atoms with Crippen LogP contribution in [0.1, 0.15) is 18.8 Å². The fourth-order valence-corrected chi connectivity index (χ4v) is 1.21. The van der Waals surface area contributed by atoms with Gasteiger partial charge in [0.25, 0.3) is 5.89 Å². The number of hydrogen-bond donors (Lipinski definition) is 1. The number of rotatable bonds is 2. The molecule has 7 heteroatoms. The molecule has 2 heterocycles. The molecule has 0 aliphatic heterocycles. The lowest BCUT2D eigenvalue weighted by atomic mass is 10.3. The van der Waals surface area contributed by atoms with Gasteiger partial charge in [-0.05, 0) is 18.5 Å². The molecule has 0 aromatic carbocycles. The lowest BCUT2D eigenvalue weighted by Gasteiger charge is -1.92. The van der Waals surface area contributed by atoms with Crippen molar-refractivity contribution in [3.05, 3.63) is 11.2 Å². The summed E-state index contributed by atoms with van der Waals surface area (Å²) in [5.74, 6) is 0.837. The van der Waals surface area contributed by atoms with Crippen LogP contribution in [-0.4, -0.2) is 19.7 Å². The smallest absolute Gasteiger partial charge is 0.279 e. The first-order chi connectivity index (χ1) is 6.27. The van der Waals surface area contributed by atoms with Gasteiger partial charge in [0, 0.05) is 5.38 Å². The van der Waals surface area contributed by atoms with E-state index in [1.54, 1.807) is 12.3 Å². The Hall–Kier alpha value is -1.34. The highest BCUT2D eigenvalue weighted by molar-refractivity contribution is 7.03. The Balaban J connectivity index is 2.33. The Morgan fingerprint density at radius 1 is 1.62 bits per heavy atom. The topological polar surface area (TPSA) is 90.7 Å². The average Bonchev–Trinajstić information content (AvgIpc) is 2.75. The van der Waals surface area contributed by atoms with E-state index >= 15 is 0 Å². The molecule has 0 amide bonds. The van der Waals surface area contributed by atoms with E-state index in [4.69, 9.17) is 10.3 Å².